The van der Waals surface area contributed by atoms with E-state index in [0.717, 1.165) is 57.8 Å². The summed E-state index contributed by atoms with van der Waals surface area (Å²) in [6, 6.07) is 0. The van der Waals surface area contributed by atoms with Crippen molar-refractivity contribution in [2.75, 3.05) is 13.2 Å². The molecule has 0 saturated heterocycles. The van der Waals surface area contributed by atoms with Crippen molar-refractivity contribution in [2.45, 2.75) is 207 Å². The summed E-state index contributed by atoms with van der Waals surface area (Å²) in [6.07, 6.45) is 65.2. The molecule has 1 unspecified atom stereocenters. The Morgan fingerprint density at radius 3 is 1.30 bits per heavy atom. The molecule has 0 aromatic carbocycles. The van der Waals surface area contributed by atoms with E-state index in [1.54, 1.807) is 0 Å². The molecule has 0 amide bonds. The summed E-state index contributed by atoms with van der Waals surface area (Å²) in [6.45, 7) is 6.32. The van der Waals surface area contributed by atoms with Crippen molar-refractivity contribution in [3.63, 3.8) is 0 Å². The summed E-state index contributed by atoms with van der Waals surface area (Å²) in [5.41, 5.74) is 0. The van der Waals surface area contributed by atoms with E-state index in [0.29, 0.717) is 19.3 Å². The highest BCUT2D eigenvalue weighted by Crippen LogP contribution is 2.11. The quantitative estimate of drug-likeness (QED) is 0.0200. The summed E-state index contributed by atoms with van der Waals surface area (Å²) in [4.78, 5) is 37.8. The van der Waals surface area contributed by atoms with Gasteiger partial charge in [0.2, 0.25) is 0 Å². The van der Waals surface area contributed by atoms with Crippen LogP contribution in [0.2, 0.25) is 0 Å². The molecule has 0 heterocycles. The first kappa shape index (κ1) is 57.1. The minimum absolute atomic E-state index is 0.140. The zero-order valence-electron chi connectivity index (χ0n) is 39.1. The van der Waals surface area contributed by atoms with E-state index in [1.165, 1.54) is 83.5 Å². The summed E-state index contributed by atoms with van der Waals surface area (Å²) in [5.74, 6) is -1.10. The Labute approximate surface area is 374 Å². The summed E-state index contributed by atoms with van der Waals surface area (Å²) < 4.78 is 16.6. The molecule has 0 saturated carbocycles. The van der Waals surface area contributed by atoms with E-state index < -0.39 is 6.10 Å². The van der Waals surface area contributed by atoms with Gasteiger partial charge in [-0.25, -0.2) is 0 Å². The SMILES string of the molecule is CC\C=C/C=C\C=C/C=C\CCCCCC(=O)OC(COC(=O)CC/C=C\C/C=C\CCCCCCCC)COC(=O)CCC/C=C\C/C=C\C/C=C\CCCCCCCC. The first-order valence-electron chi connectivity index (χ1n) is 24.4. The predicted molar refractivity (Wildman–Crippen MR) is 260 cm³/mol. The van der Waals surface area contributed by atoms with Gasteiger partial charge in [-0.2, -0.15) is 0 Å². The average Bonchev–Trinajstić information content (AvgIpc) is 3.26. The van der Waals surface area contributed by atoms with Gasteiger partial charge < -0.3 is 14.2 Å². The number of hydrogen-bond acceptors (Lipinski definition) is 6. The normalized spacial score (nSPS) is 13.0. The number of ether oxygens (including phenoxy) is 3. The Hall–Kier alpha value is -3.93. The van der Waals surface area contributed by atoms with Crippen LogP contribution in [0.25, 0.3) is 0 Å². The first-order valence-corrected chi connectivity index (χ1v) is 24.4. The third-order valence-electron chi connectivity index (χ3n) is 9.84. The van der Waals surface area contributed by atoms with E-state index in [4.69, 9.17) is 14.2 Å². The molecule has 0 aliphatic carbocycles. The zero-order chi connectivity index (χ0) is 44.4. The third kappa shape index (κ3) is 47.0. The minimum Gasteiger partial charge on any atom is -0.462 e. The number of allylic oxidation sites excluding steroid dienone is 18. The van der Waals surface area contributed by atoms with Gasteiger partial charge in [-0.15, -0.1) is 0 Å². The minimum atomic E-state index is -0.842. The number of esters is 3. The van der Waals surface area contributed by atoms with Gasteiger partial charge in [-0.3, -0.25) is 14.4 Å². The number of unbranched alkanes of at least 4 members (excludes halogenated alkanes) is 16. The van der Waals surface area contributed by atoms with Crippen LogP contribution in [0.3, 0.4) is 0 Å². The van der Waals surface area contributed by atoms with Gasteiger partial charge in [-0.05, 0) is 89.9 Å². The van der Waals surface area contributed by atoms with E-state index >= 15 is 0 Å². The van der Waals surface area contributed by atoms with Crippen molar-refractivity contribution in [1.82, 2.24) is 0 Å². The van der Waals surface area contributed by atoms with Gasteiger partial charge >= 0.3 is 17.9 Å². The van der Waals surface area contributed by atoms with Crippen LogP contribution in [-0.2, 0) is 28.6 Å². The van der Waals surface area contributed by atoms with Gasteiger partial charge in [0.1, 0.15) is 13.2 Å². The van der Waals surface area contributed by atoms with Crippen molar-refractivity contribution >= 4 is 17.9 Å². The second kappa shape index (κ2) is 48.7. The van der Waals surface area contributed by atoms with Gasteiger partial charge in [0.15, 0.2) is 6.10 Å². The molecule has 0 bridgehead atoms. The fraction of sp³-hybridized carbons (Fsp3) is 0.618. The highest BCUT2D eigenvalue weighted by atomic mass is 16.6. The lowest BCUT2D eigenvalue weighted by Gasteiger charge is -2.18. The van der Waals surface area contributed by atoms with Crippen LogP contribution < -0.4 is 0 Å². The molecule has 1 atom stereocenters. The Morgan fingerprint density at radius 1 is 0.361 bits per heavy atom. The Kier molecular flexibility index (Phi) is 45.6. The molecule has 6 nitrogen and oxygen atoms in total. The Bertz CT molecular complexity index is 1290. The monoisotopic (exact) mass is 845 g/mol. The second-order valence-corrected chi connectivity index (χ2v) is 15.7. The lowest BCUT2D eigenvalue weighted by Crippen LogP contribution is -2.30. The molecule has 61 heavy (non-hydrogen) atoms. The maximum Gasteiger partial charge on any atom is 0.306 e. The number of rotatable bonds is 42. The maximum absolute atomic E-state index is 12.7. The van der Waals surface area contributed by atoms with Crippen LogP contribution in [-0.4, -0.2) is 37.2 Å². The van der Waals surface area contributed by atoms with Crippen molar-refractivity contribution in [1.29, 1.82) is 0 Å². The fourth-order valence-corrected chi connectivity index (χ4v) is 6.17. The van der Waals surface area contributed by atoms with E-state index in [2.05, 4.69) is 87.6 Å². The molecule has 0 radical (unpaired) electrons. The number of hydrogen-bond donors (Lipinski definition) is 0. The first-order chi connectivity index (χ1) is 30.0. The molecule has 0 N–H and O–H groups in total. The molecule has 344 valence electrons. The van der Waals surface area contributed by atoms with Crippen LogP contribution in [0.15, 0.2) is 109 Å². The van der Waals surface area contributed by atoms with Gasteiger partial charge in [0, 0.05) is 19.3 Å². The van der Waals surface area contributed by atoms with Crippen LogP contribution in [0, 0.1) is 0 Å². The lowest BCUT2D eigenvalue weighted by atomic mass is 10.1. The van der Waals surface area contributed by atoms with Gasteiger partial charge in [0.05, 0.1) is 0 Å². The number of carbonyl (C=O) groups excluding carboxylic acids is 3. The highest BCUT2D eigenvalue weighted by Gasteiger charge is 2.19. The Morgan fingerprint density at radius 2 is 0.754 bits per heavy atom. The summed E-state index contributed by atoms with van der Waals surface area (Å²) in [5, 5.41) is 0. The molecule has 0 aromatic rings. The molecular formula is C55H88O6. The van der Waals surface area contributed by atoms with Crippen LogP contribution in [0.1, 0.15) is 201 Å². The molecule has 0 rings (SSSR count). The average molecular weight is 845 g/mol. The number of carbonyl (C=O) groups is 3. The zero-order valence-corrected chi connectivity index (χ0v) is 39.1. The standard InChI is InChI=1S/C55H88O6/c1-4-7-10-13-16-19-22-25-26-27-28-31-33-36-39-42-45-48-54(57)60-51-52(61-55(58)49-46-43-40-37-34-30-24-21-18-15-12-9-6-3)50-59-53(56)47-44-41-38-35-32-29-23-20-17-14-11-8-5-2/h9,12,15,18,21,24-26,28-32,34,36,38-39,41,52H,4-8,10-11,13-14,16-17,19-20,22-23,27,33,35,37,40,42-51H2,1-3H3/b12-9-,18-15-,24-21-,26-25-,31-28-,32-29-,34-30-,39-36-,41-38-. The highest BCUT2D eigenvalue weighted by molar-refractivity contribution is 5.71. The lowest BCUT2D eigenvalue weighted by molar-refractivity contribution is -0.166. The molecule has 0 aliphatic heterocycles. The van der Waals surface area contributed by atoms with Crippen molar-refractivity contribution < 1.29 is 28.6 Å². The smallest absolute Gasteiger partial charge is 0.306 e. The van der Waals surface area contributed by atoms with Crippen molar-refractivity contribution in [3.8, 4) is 0 Å². The molecular weight excluding hydrogens is 757 g/mol. The van der Waals surface area contributed by atoms with Gasteiger partial charge in [0.25, 0.3) is 0 Å². The largest absolute Gasteiger partial charge is 0.462 e. The Balaban J connectivity index is 4.60. The third-order valence-corrected chi connectivity index (χ3v) is 9.84. The van der Waals surface area contributed by atoms with Crippen molar-refractivity contribution in [3.05, 3.63) is 109 Å². The molecule has 6 heteroatoms. The van der Waals surface area contributed by atoms with E-state index in [9.17, 15) is 14.4 Å². The molecule has 0 spiro atoms. The van der Waals surface area contributed by atoms with Crippen LogP contribution in [0.5, 0.6) is 0 Å². The fourth-order valence-electron chi connectivity index (χ4n) is 6.17. The predicted octanol–water partition coefficient (Wildman–Crippen LogP) is 16.0. The van der Waals surface area contributed by atoms with Crippen molar-refractivity contribution in [2.24, 2.45) is 0 Å². The summed E-state index contributed by atoms with van der Waals surface area (Å²) >= 11 is 0. The van der Waals surface area contributed by atoms with Crippen LogP contribution in [0.4, 0.5) is 0 Å². The van der Waals surface area contributed by atoms with E-state index in [-0.39, 0.29) is 50.4 Å². The molecule has 0 fully saturated rings. The molecule has 0 aromatic heterocycles. The van der Waals surface area contributed by atoms with Gasteiger partial charge in [-0.1, -0.05) is 201 Å². The molecule has 0 aliphatic rings. The van der Waals surface area contributed by atoms with E-state index in [1.807, 2.05) is 42.5 Å². The maximum atomic E-state index is 12.7. The van der Waals surface area contributed by atoms with Crippen LogP contribution >= 0.6 is 0 Å². The summed E-state index contributed by atoms with van der Waals surface area (Å²) in [7, 11) is 0. The topological polar surface area (TPSA) is 78.9 Å². The second-order valence-electron chi connectivity index (χ2n) is 15.7.